The van der Waals surface area contributed by atoms with Crippen LogP contribution in [0.2, 0.25) is 0 Å². The Balaban J connectivity index is 1.82. The minimum Gasteiger partial charge on any atom is -0.355 e. The number of carbonyl (C=O) groups is 1. The molecule has 0 fully saturated rings. The van der Waals surface area contributed by atoms with Crippen LogP contribution >= 0.6 is 0 Å². The number of hydrogen-bond acceptors (Lipinski definition) is 3. The first-order chi connectivity index (χ1) is 12.2. The zero-order valence-corrected chi connectivity index (χ0v) is 14.1. The van der Waals surface area contributed by atoms with Gasteiger partial charge in [0.2, 0.25) is 5.91 Å². The molecule has 1 aromatic heterocycles. The second-order valence-corrected chi connectivity index (χ2v) is 6.02. The number of amides is 1. The third-order valence-corrected chi connectivity index (χ3v) is 4.05. The van der Waals surface area contributed by atoms with Crippen molar-refractivity contribution in [2.45, 2.75) is 19.8 Å². The van der Waals surface area contributed by atoms with E-state index in [0.717, 1.165) is 22.5 Å². The Morgan fingerprint density at radius 3 is 2.68 bits per heavy atom. The Morgan fingerprint density at radius 1 is 1.20 bits per heavy atom. The molecule has 1 amide bonds. The number of rotatable bonds is 6. The Kier molecular flexibility index (Phi) is 5.10. The molecule has 1 atom stereocenters. The molecular weight excluding hydrogens is 312 g/mol. The molecule has 0 aliphatic rings. The summed E-state index contributed by atoms with van der Waals surface area (Å²) < 4.78 is 2.10. The maximum atomic E-state index is 12.0. The van der Waals surface area contributed by atoms with Crippen molar-refractivity contribution in [1.82, 2.24) is 14.9 Å². The Morgan fingerprint density at radius 2 is 1.92 bits per heavy atom. The molecule has 25 heavy (non-hydrogen) atoms. The van der Waals surface area contributed by atoms with Crippen molar-refractivity contribution < 1.29 is 4.79 Å². The summed E-state index contributed by atoms with van der Waals surface area (Å²) in [6, 6.07) is 20.1. The molecule has 0 bridgehead atoms. The number of aryl methyl sites for hydroxylation is 1. The first-order valence-electron chi connectivity index (χ1n) is 8.37. The third-order valence-electron chi connectivity index (χ3n) is 4.05. The van der Waals surface area contributed by atoms with E-state index in [1.165, 1.54) is 0 Å². The number of fused-ring (bicyclic) bond motifs is 1. The van der Waals surface area contributed by atoms with Gasteiger partial charge in [0.05, 0.1) is 23.0 Å². The van der Waals surface area contributed by atoms with Gasteiger partial charge in [-0.25, -0.2) is 4.98 Å². The zero-order chi connectivity index (χ0) is 17.6. The minimum atomic E-state index is -0.183. The lowest BCUT2D eigenvalue weighted by Crippen LogP contribution is -2.28. The van der Waals surface area contributed by atoms with Gasteiger partial charge in [-0.05, 0) is 31.2 Å². The summed E-state index contributed by atoms with van der Waals surface area (Å²) in [5.74, 6) is 0.613. The largest absolute Gasteiger partial charge is 0.355 e. The maximum absolute atomic E-state index is 12.0. The van der Waals surface area contributed by atoms with Gasteiger partial charge in [-0.3, -0.25) is 9.36 Å². The van der Waals surface area contributed by atoms with Gasteiger partial charge in [-0.15, -0.1) is 0 Å². The molecule has 5 nitrogen and oxygen atoms in total. The lowest BCUT2D eigenvalue weighted by molar-refractivity contribution is -0.121. The van der Waals surface area contributed by atoms with Gasteiger partial charge in [0.1, 0.15) is 5.82 Å². The van der Waals surface area contributed by atoms with Crippen LogP contribution < -0.4 is 5.32 Å². The van der Waals surface area contributed by atoms with Crippen LogP contribution in [0.3, 0.4) is 0 Å². The van der Waals surface area contributed by atoms with Crippen LogP contribution in [0.15, 0.2) is 54.6 Å². The smallest absolute Gasteiger partial charge is 0.220 e. The van der Waals surface area contributed by atoms with E-state index < -0.39 is 0 Å². The van der Waals surface area contributed by atoms with Crippen molar-refractivity contribution in [3.05, 3.63) is 60.4 Å². The average molecular weight is 332 g/mol. The van der Waals surface area contributed by atoms with Crippen molar-refractivity contribution in [1.29, 1.82) is 5.26 Å². The van der Waals surface area contributed by atoms with Gasteiger partial charge < -0.3 is 5.32 Å². The molecule has 0 radical (unpaired) electrons. The van der Waals surface area contributed by atoms with Crippen LogP contribution in [0.1, 0.15) is 19.2 Å². The summed E-state index contributed by atoms with van der Waals surface area (Å²) in [4.78, 5) is 16.7. The van der Waals surface area contributed by atoms with Gasteiger partial charge in [0.15, 0.2) is 0 Å². The van der Waals surface area contributed by atoms with E-state index in [2.05, 4.69) is 16.0 Å². The van der Waals surface area contributed by atoms with Gasteiger partial charge >= 0.3 is 0 Å². The Bertz CT molecular complexity index is 908. The summed E-state index contributed by atoms with van der Waals surface area (Å²) in [7, 11) is 0. The summed E-state index contributed by atoms with van der Waals surface area (Å²) in [5, 5.41) is 11.6. The first-order valence-corrected chi connectivity index (χ1v) is 8.37. The van der Waals surface area contributed by atoms with Crippen LogP contribution in [0.4, 0.5) is 0 Å². The van der Waals surface area contributed by atoms with E-state index in [1.54, 1.807) is 6.92 Å². The van der Waals surface area contributed by atoms with Crippen LogP contribution in [0, 0.1) is 17.2 Å². The molecule has 0 saturated carbocycles. The molecule has 3 rings (SSSR count). The Hall–Kier alpha value is -3.13. The van der Waals surface area contributed by atoms with Crippen molar-refractivity contribution in [2.24, 2.45) is 5.92 Å². The SMILES string of the molecule is CC(C#N)CNC(=O)CCc1nc2ccccc2n1-c1ccccc1. The van der Waals surface area contributed by atoms with E-state index in [0.29, 0.717) is 19.4 Å². The van der Waals surface area contributed by atoms with Gasteiger partial charge in [0, 0.05) is 25.1 Å². The molecule has 0 aliphatic carbocycles. The van der Waals surface area contributed by atoms with E-state index in [9.17, 15) is 4.79 Å². The predicted molar refractivity (Wildman–Crippen MR) is 97.2 cm³/mol. The fourth-order valence-electron chi connectivity index (χ4n) is 2.74. The highest BCUT2D eigenvalue weighted by Crippen LogP contribution is 2.22. The molecule has 1 unspecified atom stereocenters. The monoisotopic (exact) mass is 332 g/mol. The molecule has 5 heteroatoms. The fourth-order valence-corrected chi connectivity index (χ4v) is 2.74. The predicted octanol–water partition coefficient (Wildman–Crippen LogP) is 3.23. The molecule has 126 valence electrons. The Labute approximate surface area is 146 Å². The molecule has 3 aromatic rings. The molecule has 0 spiro atoms. The number of nitrogens with zero attached hydrogens (tertiary/aromatic N) is 3. The van der Waals surface area contributed by atoms with Crippen molar-refractivity contribution in [3.63, 3.8) is 0 Å². The van der Waals surface area contributed by atoms with E-state index in [1.807, 2.05) is 54.6 Å². The topological polar surface area (TPSA) is 70.7 Å². The summed E-state index contributed by atoms with van der Waals surface area (Å²) in [5.41, 5.74) is 2.98. The van der Waals surface area contributed by atoms with E-state index in [4.69, 9.17) is 10.2 Å². The van der Waals surface area contributed by atoms with Crippen LogP contribution in [0.25, 0.3) is 16.7 Å². The zero-order valence-electron chi connectivity index (χ0n) is 14.1. The van der Waals surface area contributed by atoms with Crippen molar-refractivity contribution in [3.8, 4) is 11.8 Å². The lowest BCUT2D eigenvalue weighted by atomic mass is 10.2. The van der Waals surface area contributed by atoms with Crippen molar-refractivity contribution in [2.75, 3.05) is 6.54 Å². The fraction of sp³-hybridized carbons (Fsp3) is 0.250. The number of nitrogens with one attached hydrogen (secondary N) is 1. The molecular formula is C20H20N4O. The number of carbonyl (C=O) groups excluding carboxylic acids is 1. The quantitative estimate of drug-likeness (QED) is 0.753. The average Bonchev–Trinajstić information content (AvgIpc) is 3.03. The number of benzene rings is 2. The number of hydrogen-bond donors (Lipinski definition) is 1. The number of nitriles is 1. The number of imidazole rings is 1. The normalized spacial score (nSPS) is 11.8. The molecule has 1 N–H and O–H groups in total. The summed E-state index contributed by atoms with van der Waals surface area (Å²) in [6.45, 7) is 2.17. The minimum absolute atomic E-state index is 0.0613. The molecule has 0 saturated heterocycles. The summed E-state index contributed by atoms with van der Waals surface area (Å²) >= 11 is 0. The highest BCUT2D eigenvalue weighted by atomic mass is 16.1. The maximum Gasteiger partial charge on any atom is 0.220 e. The highest BCUT2D eigenvalue weighted by molar-refractivity contribution is 5.79. The van der Waals surface area contributed by atoms with Crippen LogP contribution in [-0.4, -0.2) is 22.0 Å². The number of para-hydroxylation sites is 3. The van der Waals surface area contributed by atoms with E-state index >= 15 is 0 Å². The van der Waals surface area contributed by atoms with Gasteiger partial charge in [0.25, 0.3) is 0 Å². The molecule has 0 aliphatic heterocycles. The second kappa shape index (κ2) is 7.63. The molecule has 1 heterocycles. The number of aromatic nitrogens is 2. The van der Waals surface area contributed by atoms with Gasteiger partial charge in [-0.1, -0.05) is 30.3 Å². The first kappa shape index (κ1) is 16.7. The van der Waals surface area contributed by atoms with Crippen molar-refractivity contribution >= 4 is 16.9 Å². The van der Waals surface area contributed by atoms with E-state index in [-0.39, 0.29) is 11.8 Å². The lowest BCUT2D eigenvalue weighted by Gasteiger charge is -2.10. The van der Waals surface area contributed by atoms with Crippen LogP contribution in [0.5, 0.6) is 0 Å². The van der Waals surface area contributed by atoms with Crippen LogP contribution in [-0.2, 0) is 11.2 Å². The summed E-state index contributed by atoms with van der Waals surface area (Å²) in [6.07, 6.45) is 0.880. The molecule has 2 aromatic carbocycles. The standard InChI is InChI=1S/C20H20N4O/c1-15(13-21)14-22-20(25)12-11-19-23-17-9-5-6-10-18(17)24(19)16-7-3-2-4-8-16/h2-10,15H,11-12,14H2,1H3,(H,22,25). The highest BCUT2D eigenvalue weighted by Gasteiger charge is 2.13. The third kappa shape index (κ3) is 3.86. The second-order valence-electron chi connectivity index (χ2n) is 6.02. The van der Waals surface area contributed by atoms with Gasteiger partial charge in [-0.2, -0.15) is 5.26 Å².